The normalized spacial score (nSPS) is 44.5. The van der Waals surface area contributed by atoms with Gasteiger partial charge in [-0.05, 0) is 124 Å². The van der Waals surface area contributed by atoms with Crippen molar-refractivity contribution in [2.24, 2.45) is 94.7 Å². The molecular weight excluding hydrogens is 737 g/mol. The van der Waals surface area contributed by atoms with Crippen LogP contribution >= 0.6 is 0 Å². The fourth-order valence-corrected chi connectivity index (χ4v) is 14.7. The maximum absolute atomic E-state index is 12.8. The third kappa shape index (κ3) is 5.86. The van der Waals surface area contributed by atoms with Gasteiger partial charge in [0.1, 0.15) is 0 Å². The van der Waals surface area contributed by atoms with Crippen molar-refractivity contribution in [1.82, 2.24) is 19.6 Å². The Morgan fingerprint density at radius 2 is 0.810 bits per heavy atom. The lowest BCUT2D eigenvalue weighted by Crippen LogP contribution is -2.39. The molecule has 16 atom stereocenters. The molecule has 6 saturated carbocycles. The quantitative estimate of drug-likeness (QED) is 0.275. The third-order valence-corrected chi connectivity index (χ3v) is 17.4. The number of hydrogen-bond donors (Lipinski definition) is 0. The van der Waals surface area contributed by atoms with Crippen LogP contribution in [0.3, 0.4) is 0 Å². The van der Waals surface area contributed by atoms with Crippen LogP contribution < -0.4 is 0 Å². The van der Waals surface area contributed by atoms with Crippen molar-refractivity contribution >= 4 is 47.3 Å². The molecule has 0 radical (unpaired) electrons. The second kappa shape index (κ2) is 14.4. The summed E-state index contributed by atoms with van der Waals surface area (Å²) in [6.07, 6.45) is 21.0. The molecular formula is C46H58N4O8. The maximum Gasteiger partial charge on any atom is 0.233 e. The predicted molar refractivity (Wildman–Crippen MR) is 208 cm³/mol. The van der Waals surface area contributed by atoms with Crippen molar-refractivity contribution in [3.63, 3.8) is 0 Å². The lowest BCUT2D eigenvalue weighted by Gasteiger charge is -2.26. The van der Waals surface area contributed by atoms with Gasteiger partial charge in [0.05, 0.1) is 35.5 Å². The molecule has 8 bridgehead atoms. The first kappa shape index (κ1) is 38.3. The van der Waals surface area contributed by atoms with E-state index < -0.39 is 11.8 Å². The van der Waals surface area contributed by atoms with Crippen molar-refractivity contribution in [2.75, 3.05) is 26.2 Å². The summed E-state index contributed by atoms with van der Waals surface area (Å²) in [4.78, 5) is 104. The van der Waals surface area contributed by atoms with Crippen LogP contribution in [-0.4, -0.2) is 93.0 Å². The minimum Gasteiger partial charge on any atom is -0.283 e. The van der Waals surface area contributed by atoms with E-state index in [4.69, 9.17) is 0 Å². The molecule has 8 amide bonds. The summed E-state index contributed by atoms with van der Waals surface area (Å²) < 4.78 is 0. The van der Waals surface area contributed by atoms with Gasteiger partial charge in [0.2, 0.25) is 47.3 Å². The van der Waals surface area contributed by atoms with Gasteiger partial charge in [-0.15, -0.1) is 0 Å². The van der Waals surface area contributed by atoms with Gasteiger partial charge in [-0.2, -0.15) is 0 Å². The molecule has 8 aliphatic carbocycles. The Labute approximate surface area is 340 Å². The van der Waals surface area contributed by atoms with Gasteiger partial charge in [-0.1, -0.05) is 37.1 Å². The number of hydrogen-bond acceptors (Lipinski definition) is 8. The average molecular weight is 795 g/mol. The molecule has 0 N–H and O–H groups in total. The lowest BCUT2D eigenvalue weighted by atomic mass is 9.85. The van der Waals surface area contributed by atoms with Gasteiger partial charge in [0.15, 0.2) is 0 Å². The SMILES string of the molecule is CCN1C(=O)C2C3C=CC(C3)C2C1=O.CCN1C(=O)CC(C2CC(=O)N(CC3CC4CCC3C4)C2=O)C1=O.O=C1C2C3C=CC(C3)C2C(=O)N1CC1CC2CCC1C2. The summed E-state index contributed by atoms with van der Waals surface area (Å²) in [5, 5.41) is 0. The van der Waals surface area contributed by atoms with Gasteiger partial charge in [-0.3, -0.25) is 58.0 Å². The lowest BCUT2D eigenvalue weighted by molar-refractivity contribution is -0.144. The number of amides is 8. The molecule has 12 rings (SSSR count). The summed E-state index contributed by atoms with van der Waals surface area (Å²) in [5.74, 6) is 3.76. The van der Waals surface area contributed by atoms with E-state index >= 15 is 0 Å². The molecule has 0 aromatic carbocycles. The zero-order chi connectivity index (χ0) is 40.3. The number of imide groups is 4. The van der Waals surface area contributed by atoms with Crippen LogP contribution in [0.25, 0.3) is 0 Å². The Balaban J connectivity index is 0.000000109. The highest BCUT2D eigenvalue weighted by Crippen LogP contribution is 2.55. The summed E-state index contributed by atoms with van der Waals surface area (Å²) in [5.41, 5.74) is 0. The maximum atomic E-state index is 12.8. The number of nitrogens with zero attached hydrogens (tertiary/aromatic N) is 4. The second-order valence-corrected chi connectivity index (χ2v) is 20.0. The molecule has 4 saturated heterocycles. The van der Waals surface area contributed by atoms with E-state index in [2.05, 4.69) is 24.3 Å². The molecule has 310 valence electrons. The number of allylic oxidation sites excluding steroid dienone is 4. The molecule has 16 unspecified atom stereocenters. The van der Waals surface area contributed by atoms with Crippen LogP contribution in [0.1, 0.15) is 90.9 Å². The number of carbonyl (C=O) groups is 8. The van der Waals surface area contributed by atoms with Crippen LogP contribution in [0.15, 0.2) is 24.3 Å². The summed E-state index contributed by atoms with van der Waals surface area (Å²) >= 11 is 0. The van der Waals surface area contributed by atoms with Gasteiger partial charge < -0.3 is 0 Å². The minimum atomic E-state index is -0.640. The van der Waals surface area contributed by atoms with Gasteiger partial charge in [0, 0.05) is 39.0 Å². The highest BCUT2D eigenvalue weighted by Gasteiger charge is 2.61. The zero-order valence-corrected chi connectivity index (χ0v) is 33.9. The third-order valence-electron chi connectivity index (χ3n) is 17.4. The number of likely N-dealkylation sites (tertiary alicyclic amines) is 4. The van der Waals surface area contributed by atoms with Crippen LogP contribution in [0.5, 0.6) is 0 Å². The molecule has 12 nitrogen and oxygen atoms in total. The molecule has 4 aliphatic heterocycles. The molecule has 10 fully saturated rings. The van der Waals surface area contributed by atoms with E-state index in [1.807, 2.05) is 6.92 Å². The zero-order valence-electron chi connectivity index (χ0n) is 33.9. The van der Waals surface area contributed by atoms with E-state index in [1.54, 1.807) is 11.8 Å². The molecule has 58 heavy (non-hydrogen) atoms. The van der Waals surface area contributed by atoms with Crippen molar-refractivity contribution in [3.8, 4) is 0 Å². The van der Waals surface area contributed by atoms with Crippen LogP contribution in [0.2, 0.25) is 0 Å². The van der Waals surface area contributed by atoms with E-state index in [-0.39, 0.29) is 83.8 Å². The summed E-state index contributed by atoms with van der Waals surface area (Å²) in [7, 11) is 0. The Kier molecular flexibility index (Phi) is 9.47. The molecule has 0 aromatic rings. The molecule has 12 aliphatic rings. The van der Waals surface area contributed by atoms with E-state index in [0.29, 0.717) is 61.1 Å². The van der Waals surface area contributed by atoms with Crippen LogP contribution in [0, 0.1) is 94.7 Å². The minimum absolute atomic E-state index is 0.00362. The first-order valence-corrected chi connectivity index (χ1v) is 22.7. The van der Waals surface area contributed by atoms with Crippen LogP contribution in [0.4, 0.5) is 0 Å². The predicted octanol–water partition coefficient (Wildman–Crippen LogP) is 4.24. The first-order chi connectivity index (χ1) is 27.9. The topological polar surface area (TPSA) is 150 Å². The molecule has 12 heteroatoms. The fraction of sp³-hybridized carbons (Fsp3) is 0.739. The smallest absolute Gasteiger partial charge is 0.233 e. The van der Waals surface area contributed by atoms with Crippen molar-refractivity contribution < 1.29 is 38.4 Å². The Morgan fingerprint density at radius 1 is 0.431 bits per heavy atom. The van der Waals surface area contributed by atoms with E-state index in [9.17, 15) is 38.4 Å². The van der Waals surface area contributed by atoms with E-state index in [0.717, 1.165) is 43.6 Å². The van der Waals surface area contributed by atoms with E-state index in [1.165, 1.54) is 59.6 Å². The highest BCUT2D eigenvalue weighted by atomic mass is 16.2. The average Bonchev–Trinajstić information content (AvgIpc) is 4.06. The van der Waals surface area contributed by atoms with Crippen molar-refractivity contribution in [2.45, 2.75) is 90.9 Å². The Hall–Kier alpha value is -3.96. The van der Waals surface area contributed by atoms with Crippen LogP contribution in [-0.2, 0) is 38.4 Å². The number of carbonyl (C=O) groups excluding carboxylic acids is 8. The monoisotopic (exact) mass is 794 g/mol. The van der Waals surface area contributed by atoms with Gasteiger partial charge in [0.25, 0.3) is 0 Å². The van der Waals surface area contributed by atoms with Crippen molar-refractivity contribution in [1.29, 1.82) is 0 Å². The number of fused-ring (bicyclic) bond motifs is 14. The molecule has 4 heterocycles. The standard InChI is InChI=1S/C18H24N2O4.C17H21NO2.C11H13NO2/c1-2-19-15(21)7-13(17(19)23)14-8-16(22)20(18(14)24)9-12-6-10-3-4-11(12)5-10;19-16-14-11-3-4-12(7-11)15(14)17(20)18(16)8-13-6-9-1-2-10(13)5-9;1-2-12-10(13)8-6-3-4-7(5-6)9(8)11(12)14/h10-14H,2-9H2,1H3;3-4,9-15H,1-2,5-8H2;3-4,6-9H,2,5H2,1H3. The molecule has 0 spiro atoms. The second-order valence-electron chi connectivity index (χ2n) is 20.0. The Morgan fingerprint density at radius 3 is 1.17 bits per heavy atom. The summed E-state index contributed by atoms with van der Waals surface area (Å²) in [6, 6.07) is 0. The first-order valence-electron chi connectivity index (χ1n) is 22.7. The van der Waals surface area contributed by atoms with Gasteiger partial charge >= 0.3 is 0 Å². The Bertz CT molecular complexity index is 1850. The van der Waals surface area contributed by atoms with Crippen molar-refractivity contribution in [3.05, 3.63) is 24.3 Å². The largest absolute Gasteiger partial charge is 0.283 e. The number of rotatable bonds is 7. The molecule has 0 aromatic heterocycles. The van der Waals surface area contributed by atoms with Gasteiger partial charge in [-0.25, -0.2) is 0 Å². The summed E-state index contributed by atoms with van der Waals surface area (Å²) in [6.45, 7) is 5.72. The highest BCUT2D eigenvalue weighted by molar-refractivity contribution is 6.10. The fourth-order valence-electron chi connectivity index (χ4n) is 14.7.